The molecule has 3 aromatic carbocycles. The van der Waals surface area contributed by atoms with Gasteiger partial charge in [0.25, 0.3) is 0 Å². The fourth-order valence-corrected chi connectivity index (χ4v) is 7.34. The Hall–Kier alpha value is -2.70. The van der Waals surface area contributed by atoms with Gasteiger partial charge in [-0.25, -0.2) is 4.99 Å². The number of aliphatic imine (C=N–C) groups is 1. The van der Waals surface area contributed by atoms with Crippen LogP contribution in [0.5, 0.6) is 0 Å². The summed E-state index contributed by atoms with van der Waals surface area (Å²) in [5.41, 5.74) is 3.10. The van der Waals surface area contributed by atoms with Crippen LogP contribution >= 0.6 is 7.92 Å². The molecule has 30 heavy (non-hydrogen) atoms. The van der Waals surface area contributed by atoms with Crippen molar-refractivity contribution < 1.29 is 4.74 Å². The van der Waals surface area contributed by atoms with Gasteiger partial charge in [-0.1, -0.05) is 97.1 Å². The lowest BCUT2D eigenvalue weighted by Crippen LogP contribution is -2.24. The molecule has 0 bridgehead atoms. The van der Waals surface area contributed by atoms with Crippen molar-refractivity contribution in [1.82, 2.24) is 0 Å². The van der Waals surface area contributed by atoms with Crippen LogP contribution in [0, 0.1) is 0 Å². The smallest absolute Gasteiger partial charge is 0.212 e. The van der Waals surface area contributed by atoms with Crippen LogP contribution < -0.4 is 10.6 Å². The minimum atomic E-state index is -0.499. The highest BCUT2D eigenvalue weighted by Gasteiger charge is 2.35. The van der Waals surface area contributed by atoms with E-state index in [1.807, 2.05) is 0 Å². The highest BCUT2D eigenvalue weighted by atomic mass is 31.1. The Balaban J connectivity index is 1.42. The van der Waals surface area contributed by atoms with Crippen LogP contribution in [0.1, 0.15) is 18.4 Å². The molecule has 0 saturated carbocycles. The van der Waals surface area contributed by atoms with Gasteiger partial charge < -0.3 is 4.74 Å². The average Bonchev–Trinajstić information content (AvgIpc) is 3.46. The lowest BCUT2D eigenvalue weighted by atomic mass is 10.1. The third-order valence-corrected chi connectivity index (χ3v) is 8.69. The van der Waals surface area contributed by atoms with Gasteiger partial charge in [0, 0.05) is 11.2 Å². The van der Waals surface area contributed by atoms with Crippen LogP contribution in [0.4, 0.5) is 0 Å². The van der Waals surface area contributed by atoms with E-state index in [1.54, 1.807) is 0 Å². The van der Waals surface area contributed by atoms with Crippen molar-refractivity contribution in [3.8, 4) is 0 Å². The van der Waals surface area contributed by atoms with Gasteiger partial charge in [0.2, 0.25) is 5.90 Å². The Kier molecular flexibility index (Phi) is 5.77. The van der Waals surface area contributed by atoms with Gasteiger partial charge in [0.05, 0.1) is 6.04 Å². The first-order chi connectivity index (χ1) is 14.9. The van der Waals surface area contributed by atoms with Crippen LogP contribution in [0.15, 0.2) is 108 Å². The summed E-state index contributed by atoms with van der Waals surface area (Å²) in [6.07, 6.45) is 5.57. The maximum atomic E-state index is 6.17. The topological polar surface area (TPSA) is 21.6 Å². The van der Waals surface area contributed by atoms with Crippen molar-refractivity contribution in [1.29, 1.82) is 0 Å². The molecule has 0 aromatic heterocycles. The van der Waals surface area contributed by atoms with E-state index in [-0.39, 0.29) is 6.04 Å². The molecular formula is C27H26NOP. The summed E-state index contributed by atoms with van der Waals surface area (Å²) >= 11 is 0. The molecule has 3 heteroatoms. The van der Waals surface area contributed by atoms with Crippen molar-refractivity contribution in [2.75, 3.05) is 6.61 Å². The summed E-state index contributed by atoms with van der Waals surface area (Å²) in [5, 5.41) is 2.85. The number of ether oxygens (including phenoxy) is 1. The SMILES string of the molecule is C1=C(C2=N[C@H](Cc3ccccc3)CO2)C(P(c2ccccc2)c2ccccc2)CC1. The van der Waals surface area contributed by atoms with E-state index in [9.17, 15) is 0 Å². The predicted octanol–water partition coefficient (Wildman–Crippen LogP) is 5.25. The summed E-state index contributed by atoms with van der Waals surface area (Å²) in [6.45, 7) is 0.683. The Morgan fingerprint density at radius 1 is 0.800 bits per heavy atom. The summed E-state index contributed by atoms with van der Waals surface area (Å²) < 4.78 is 6.17. The van der Waals surface area contributed by atoms with Gasteiger partial charge in [-0.05, 0) is 43.4 Å². The number of benzene rings is 3. The summed E-state index contributed by atoms with van der Waals surface area (Å²) in [6, 6.07) is 32.8. The quantitative estimate of drug-likeness (QED) is 0.508. The van der Waals surface area contributed by atoms with Crippen LogP contribution in [-0.2, 0) is 11.2 Å². The molecule has 2 nitrogen and oxygen atoms in total. The second-order valence-electron chi connectivity index (χ2n) is 7.88. The number of allylic oxidation sites excluding steroid dienone is 1. The summed E-state index contributed by atoms with van der Waals surface area (Å²) in [7, 11) is -0.499. The zero-order valence-electron chi connectivity index (χ0n) is 17.0. The van der Waals surface area contributed by atoms with Crippen LogP contribution in [-0.4, -0.2) is 24.2 Å². The fourth-order valence-electron chi connectivity index (χ4n) is 4.44. The van der Waals surface area contributed by atoms with E-state index in [0.717, 1.165) is 25.2 Å². The molecule has 150 valence electrons. The second-order valence-corrected chi connectivity index (χ2v) is 10.3. The van der Waals surface area contributed by atoms with Gasteiger partial charge in [0.1, 0.15) is 6.61 Å². The van der Waals surface area contributed by atoms with Gasteiger partial charge in [-0.15, -0.1) is 0 Å². The van der Waals surface area contributed by atoms with Crippen molar-refractivity contribution >= 4 is 24.4 Å². The minimum absolute atomic E-state index is 0.212. The molecule has 2 atom stereocenters. The molecule has 3 aromatic rings. The Bertz CT molecular complexity index is 991. The van der Waals surface area contributed by atoms with E-state index in [1.165, 1.54) is 21.7 Å². The average molecular weight is 411 g/mol. The van der Waals surface area contributed by atoms with Crippen LogP contribution in [0.3, 0.4) is 0 Å². The van der Waals surface area contributed by atoms with E-state index in [0.29, 0.717) is 12.3 Å². The van der Waals surface area contributed by atoms with Gasteiger partial charge in [-0.2, -0.15) is 0 Å². The number of rotatable bonds is 6. The van der Waals surface area contributed by atoms with E-state index >= 15 is 0 Å². The van der Waals surface area contributed by atoms with Gasteiger partial charge >= 0.3 is 0 Å². The molecule has 0 amide bonds. The minimum Gasteiger partial charge on any atom is -0.475 e. The summed E-state index contributed by atoms with van der Waals surface area (Å²) in [4.78, 5) is 5.02. The molecule has 1 unspecified atom stereocenters. The number of hydrogen-bond acceptors (Lipinski definition) is 2. The van der Waals surface area contributed by atoms with E-state index < -0.39 is 7.92 Å². The maximum absolute atomic E-state index is 6.17. The third kappa shape index (κ3) is 4.11. The Labute approximate surface area is 180 Å². The van der Waals surface area contributed by atoms with Crippen molar-refractivity contribution in [3.63, 3.8) is 0 Å². The van der Waals surface area contributed by atoms with Gasteiger partial charge in [0.15, 0.2) is 0 Å². The lowest BCUT2D eigenvalue weighted by molar-refractivity contribution is 0.316. The summed E-state index contributed by atoms with van der Waals surface area (Å²) in [5.74, 6) is 0.887. The monoisotopic (exact) mass is 411 g/mol. The van der Waals surface area contributed by atoms with E-state index in [4.69, 9.17) is 9.73 Å². The van der Waals surface area contributed by atoms with Crippen LogP contribution in [0.2, 0.25) is 0 Å². The molecule has 2 aliphatic rings. The Morgan fingerprint density at radius 3 is 2.03 bits per heavy atom. The van der Waals surface area contributed by atoms with Gasteiger partial charge in [-0.3, -0.25) is 0 Å². The molecule has 0 fully saturated rings. The molecule has 5 rings (SSSR count). The van der Waals surface area contributed by atoms with Crippen LogP contribution in [0.25, 0.3) is 0 Å². The predicted molar refractivity (Wildman–Crippen MR) is 127 cm³/mol. The highest BCUT2D eigenvalue weighted by molar-refractivity contribution is 7.73. The molecular weight excluding hydrogens is 385 g/mol. The first kappa shape index (κ1) is 19.3. The van der Waals surface area contributed by atoms with Crippen molar-refractivity contribution in [2.24, 2.45) is 4.99 Å². The maximum Gasteiger partial charge on any atom is 0.212 e. The number of nitrogens with zero attached hydrogens (tertiary/aromatic N) is 1. The Morgan fingerprint density at radius 2 is 1.40 bits per heavy atom. The molecule has 0 saturated heterocycles. The largest absolute Gasteiger partial charge is 0.475 e. The third-order valence-electron chi connectivity index (χ3n) is 5.82. The van der Waals surface area contributed by atoms with Crippen molar-refractivity contribution in [3.05, 3.63) is 108 Å². The molecule has 1 aliphatic heterocycles. The first-order valence-electron chi connectivity index (χ1n) is 10.7. The van der Waals surface area contributed by atoms with Crippen molar-refractivity contribution in [2.45, 2.75) is 31.0 Å². The first-order valence-corrected chi connectivity index (χ1v) is 12.1. The molecule has 1 heterocycles. The normalized spacial score (nSPS) is 20.7. The standard InChI is InChI=1S/C27H26NOP/c1-4-11-21(12-5-1)19-22-20-29-27(28-22)25-17-10-18-26(25)30(23-13-6-2-7-14-23)24-15-8-3-9-16-24/h1-9,11-17,22,26H,10,18-20H2/t22-,26?/m1/s1. The zero-order valence-corrected chi connectivity index (χ0v) is 17.9. The molecule has 0 spiro atoms. The zero-order chi connectivity index (χ0) is 20.2. The van der Waals surface area contributed by atoms with E-state index in [2.05, 4.69) is 97.1 Å². The highest BCUT2D eigenvalue weighted by Crippen LogP contribution is 2.48. The number of hydrogen-bond donors (Lipinski definition) is 0. The molecule has 0 radical (unpaired) electrons. The fraction of sp³-hybridized carbons (Fsp3) is 0.222. The molecule has 0 N–H and O–H groups in total. The second kappa shape index (κ2) is 8.98. The lowest BCUT2D eigenvalue weighted by Gasteiger charge is -2.27. The molecule has 1 aliphatic carbocycles.